The number of nitrogens with one attached hydrogen (secondary N) is 1. The molecule has 3 atom stereocenters. The summed E-state index contributed by atoms with van der Waals surface area (Å²) >= 11 is 0. The van der Waals surface area contributed by atoms with Crippen LogP contribution in [0.3, 0.4) is 0 Å². The van der Waals surface area contributed by atoms with Crippen LogP contribution in [0, 0.1) is 0 Å². The molecule has 1 amide bonds. The Kier molecular flexibility index (Phi) is 38.3. The van der Waals surface area contributed by atoms with E-state index in [1.807, 2.05) is 27.2 Å². The Bertz CT molecular complexity index is 1010. The van der Waals surface area contributed by atoms with E-state index in [-0.39, 0.29) is 19.1 Å². The molecule has 0 aromatic heterocycles. The Labute approximate surface area is 347 Å². The summed E-state index contributed by atoms with van der Waals surface area (Å²) in [5.41, 5.74) is 0. The SMILES string of the molecule is CCCCCCC/C=C\C/C=C\CCCCCCCCCCCC(=O)NC(COP(=O)([O-])OCC[N+](C)(C)C)C(O)/C=C/CCCCCCCCCCCCC. The minimum Gasteiger partial charge on any atom is -0.756 e. The van der Waals surface area contributed by atoms with Crippen LogP contribution in [0.4, 0.5) is 0 Å². The smallest absolute Gasteiger partial charge is 0.268 e. The summed E-state index contributed by atoms with van der Waals surface area (Å²) in [4.78, 5) is 25.3. The lowest BCUT2D eigenvalue weighted by Crippen LogP contribution is -2.45. The molecule has 56 heavy (non-hydrogen) atoms. The van der Waals surface area contributed by atoms with Crippen LogP contribution in [-0.2, 0) is 18.4 Å². The third-order valence-electron chi connectivity index (χ3n) is 10.3. The summed E-state index contributed by atoms with van der Waals surface area (Å²) in [6.07, 6.45) is 47.6. The molecule has 3 unspecified atom stereocenters. The van der Waals surface area contributed by atoms with Gasteiger partial charge in [-0.1, -0.05) is 185 Å². The molecule has 0 saturated carbocycles. The Morgan fingerprint density at radius 1 is 0.625 bits per heavy atom. The first kappa shape index (κ1) is 54.7. The van der Waals surface area contributed by atoms with Crippen molar-refractivity contribution < 1.29 is 32.9 Å². The van der Waals surface area contributed by atoms with Gasteiger partial charge in [-0.25, -0.2) is 0 Å². The molecule has 0 fully saturated rings. The van der Waals surface area contributed by atoms with Gasteiger partial charge in [-0.3, -0.25) is 9.36 Å². The number of unbranched alkanes of at least 4 members (excludes halogenated alkanes) is 25. The molecule has 0 aliphatic rings. The number of rotatable bonds is 42. The minimum atomic E-state index is -4.59. The van der Waals surface area contributed by atoms with Crippen LogP contribution < -0.4 is 10.2 Å². The second-order valence-electron chi connectivity index (χ2n) is 17.1. The van der Waals surface area contributed by atoms with Crippen molar-refractivity contribution in [3.05, 3.63) is 36.5 Å². The quantitative estimate of drug-likeness (QED) is 0.0275. The summed E-state index contributed by atoms with van der Waals surface area (Å²) in [5.74, 6) is -0.203. The average molecular weight is 811 g/mol. The number of phosphoric ester groups is 1. The molecule has 0 bridgehead atoms. The molecule has 0 spiro atoms. The van der Waals surface area contributed by atoms with Gasteiger partial charge in [0, 0.05) is 6.42 Å². The van der Waals surface area contributed by atoms with Crippen LogP contribution in [0.2, 0.25) is 0 Å². The van der Waals surface area contributed by atoms with Gasteiger partial charge in [-0.2, -0.15) is 0 Å². The molecule has 0 aliphatic carbocycles. The van der Waals surface area contributed by atoms with Crippen molar-refractivity contribution in [2.75, 3.05) is 40.9 Å². The Morgan fingerprint density at radius 2 is 1.04 bits per heavy atom. The van der Waals surface area contributed by atoms with Crippen LogP contribution in [0.25, 0.3) is 0 Å². The lowest BCUT2D eigenvalue weighted by Gasteiger charge is -2.29. The van der Waals surface area contributed by atoms with Gasteiger partial charge in [0.1, 0.15) is 13.2 Å². The Morgan fingerprint density at radius 3 is 1.48 bits per heavy atom. The molecule has 0 aromatic rings. The van der Waals surface area contributed by atoms with Crippen LogP contribution in [-0.4, -0.2) is 68.5 Å². The number of carbonyl (C=O) groups is 1. The first-order chi connectivity index (χ1) is 27.0. The normalized spacial score (nSPS) is 14.6. The first-order valence-corrected chi connectivity index (χ1v) is 24.8. The lowest BCUT2D eigenvalue weighted by molar-refractivity contribution is -0.870. The predicted octanol–water partition coefficient (Wildman–Crippen LogP) is 12.5. The highest BCUT2D eigenvalue weighted by molar-refractivity contribution is 7.45. The molecule has 0 rings (SSSR count). The van der Waals surface area contributed by atoms with Gasteiger partial charge in [0.2, 0.25) is 5.91 Å². The molecule has 0 aliphatic heterocycles. The summed E-state index contributed by atoms with van der Waals surface area (Å²) in [6, 6.07) is -0.886. The molecule has 2 N–H and O–H groups in total. The van der Waals surface area contributed by atoms with Crippen LogP contribution in [0.5, 0.6) is 0 Å². The van der Waals surface area contributed by atoms with Crippen LogP contribution >= 0.6 is 7.82 Å². The molecule has 330 valence electrons. The van der Waals surface area contributed by atoms with Crippen molar-refractivity contribution in [2.24, 2.45) is 0 Å². The predicted molar refractivity (Wildman–Crippen MR) is 238 cm³/mol. The number of aliphatic hydroxyl groups excluding tert-OH is 1. The lowest BCUT2D eigenvalue weighted by atomic mass is 10.0. The number of amides is 1. The van der Waals surface area contributed by atoms with E-state index in [1.54, 1.807) is 6.08 Å². The number of likely N-dealkylation sites (N-methyl/N-ethyl adjacent to an activating group) is 1. The number of allylic oxidation sites excluding steroid dienone is 5. The topological polar surface area (TPSA) is 108 Å². The van der Waals surface area contributed by atoms with Gasteiger partial charge < -0.3 is 28.8 Å². The van der Waals surface area contributed by atoms with E-state index in [4.69, 9.17) is 9.05 Å². The van der Waals surface area contributed by atoms with Crippen molar-refractivity contribution in [2.45, 2.75) is 219 Å². The van der Waals surface area contributed by atoms with E-state index >= 15 is 0 Å². The largest absolute Gasteiger partial charge is 0.756 e. The van der Waals surface area contributed by atoms with Crippen LogP contribution in [0.15, 0.2) is 36.5 Å². The van der Waals surface area contributed by atoms with E-state index in [2.05, 4.69) is 43.5 Å². The van der Waals surface area contributed by atoms with E-state index in [1.165, 1.54) is 141 Å². The highest BCUT2D eigenvalue weighted by Gasteiger charge is 2.23. The molecule has 0 heterocycles. The molecule has 0 aromatic carbocycles. The Hall–Kier alpha value is -1.28. The second kappa shape index (κ2) is 39.2. The van der Waals surface area contributed by atoms with Crippen molar-refractivity contribution in [3.63, 3.8) is 0 Å². The molecular formula is C47H91N2O6P. The van der Waals surface area contributed by atoms with Crippen molar-refractivity contribution in [3.8, 4) is 0 Å². The van der Waals surface area contributed by atoms with E-state index in [9.17, 15) is 19.4 Å². The third kappa shape index (κ3) is 40.9. The number of hydrogen-bond acceptors (Lipinski definition) is 6. The fraction of sp³-hybridized carbons (Fsp3) is 0.851. The highest BCUT2D eigenvalue weighted by Crippen LogP contribution is 2.38. The fourth-order valence-electron chi connectivity index (χ4n) is 6.59. The maximum absolute atomic E-state index is 12.9. The van der Waals surface area contributed by atoms with Gasteiger partial charge in [-0.05, 0) is 51.4 Å². The monoisotopic (exact) mass is 811 g/mol. The summed E-state index contributed by atoms with van der Waals surface area (Å²) in [7, 11) is 1.26. The third-order valence-corrected chi connectivity index (χ3v) is 11.3. The van der Waals surface area contributed by atoms with E-state index < -0.39 is 20.0 Å². The number of nitrogens with zero attached hydrogens (tertiary/aromatic N) is 1. The number of hydrogen-bond donors (Lipinski definition) is 2. The van der Waals surface area contributed by atoms with Crippen LogP contribution in [0.1, 0.15) is 206 Å². The number of aliphatic hydroxyl groups is 1. The molecular weight excluding hydrogens is 719 g/mol. The highest BCUT2D eigenvalue weighted by atomic mass is 31.2. The maximum atomic E-state index is 12.9. The summed E-state index contributed by atoms with van der Waals surface area (Å²) in [5, 5.41) is 13.8. The summed E-state index contributed by atoms with van der Waals surface area (Å²) < 4.78 is 23.2. The fourth-order valence-corrected chi connectivity index (χ4v) is 7.32. The van der Waals surface area contributed by atoms with Gasteiger partial charge in [0.15, 0.2) is 0 Å². The second-order valence-corrected chi connectivity index (χ2v) is 18.5. The zero-order valence-electron chi connectivity index (χ0n) is 37.3. The van der Waals surface area contributed by atoms with Gasteiger partial charge in [-0.15, -0.1) is 0 Å². The first-order valence-electron chi connectivity index (χ1n) is 23.4. The molecule has 0 radical (unpaired) electrons. The van der Waals surface area contributed by atoms with Gasteiger partial charge in [0.25, 0.3) is 7.82 Å². The molecule has 0 saturated heterocycles. The number of quaternary nitrogens is 1. The van der Waals surface area contributed by atoms with Crippen molar-refractivity contribution in [1.82, 2.24) is 5.32 Å². The standard InChI is InChI=1S/C47H91N2O6P/c1-6-8-10-12-14-16-18-20-21-22-23-24-25-26-27-29-31-33-35-37-39-41-47(51)48-45(44-55-56(52,53)54-43-42-49(3,4)5)46(50)40-38-36-34-32-30-28-19-17-15-13-11-9-7-2/h18,20,22-23,38,40,45-46,50H,6-17,19,21,24-37,39,41-44H2,1-5H3,(H-,48,51,52,53)/b20-18-,23-22-,40-38+. The van der Waals surface area contributed by atoms with E-state index in [0.717, 1.165) is 44.9 Å². The molecule has 9 heteroatoms. The van der Waals surface area contributed by atoms with Gasteiger partial charge in [0.05, 0.1) is 39.9 Å². The minimum absolute atomic E-state index is 0.00202. The van der Waals surface area contributed by atoms with E-state index in [0.29, 0.717) is 17.4 Å². The zero-order valence-corrected chi connectivity index (χ0v) is 38.2. The zero-order chi connectivity index (χ0) is 41.4. The summed E-state index contributed by atoms with van der Waals surface area (Å²) in [6.45, 7) is 4.63. The number of carbonyl (C=O) groups excluding carboxylic acids is 1. The maximum Gasteiger partial charge on any atom is 0.268 e. The van der Waals surface area contributed by atoms with Crippen molar-refractivity contribution >= 4 is 13.7 Å². The van der Waals surface area contributed by atoms with Gasteiger partial charge >= 0.3 is 0 Å². The average Bonchev–Trinajstić information content (AvgIpc) is 3.15. The molecule has 8 nitrogen and oxygen atoms in total. The van der Waals surface area contributed by atoms with Crippen molar-refractivity contribution in [1.29, 1.82) is 0 Å². The Balaban J connectivity index is 4.34. The number of phosphoric acid groups is 1.